The predicted molar refractivity (Wildman–Crippen MR) is 94.6 cm³/mol. The lowest BCUT2D eigenvalue weighted by atomic mass is 10.2. The van der Waals surface area contributed by atoms with E-state index in [2.05, 4.69) is 25.6 Å². The quantitative estimate of drug-likeness (QED) is 0.721. The van der Waals surface area contributed by atoms with Gasteiger partial charge in [-0.2, -0.15) is 4.98 Å². The number of hydrogen-bond donors (Lipinski definition) is 2. The van der Waals surface area contributed by atoms with E-state index in [1.807, 2.05) is 24.3 Å². The second-order valence-corrected chi connectivity index (χ2v) is 5.52. The molecular formula is C16H13Cl2N5. The molecule has 23 heavy (non-hydrogen) atoms. The van der Waals surface area contributed by atoms with E-state index < -0.39 is 0 Å². The number of aromatic nitrogens is 3. The normalized spacial score (nSPS) is 10.4. The molecule has 0 aliphatic heterocycles. The topological polar surface area (TPSA) is 62.7 Å². The zero-order valence-electron chi connectivity index (χ0n) is 12.2. The van der Waals surface area contributed by atoms with E-state index in [1.54, 1.807) is 31.6 Å². The average Bonchev–Trinajstić information content (AvgIpc) is 2.58. The van der Waals surface area contributed by atoms with Crippen molar-refractivity contribution in [1.29, 1.82) is 0 Å². The van der Waals surface area contributed by atoms with Crippen molar-refractivity contribution in [2.75, 3.05) is 17.7 Å². The first-order chi connectivity index (χ1) is 11.2. The highest BCUT2D eigenvalue weighted by molar-refractivity contribution is 6.42. The summed E-state index contributed by atoms with van der Waals surface area (Å²) in [6.07, 6.45) is 3.48. The average molecular weight is 346 g/mol. The minimum absolute atomic E-state index is 0.479. The predicted octanol–water partition coefficient (Wildman–Crippen LogP) is 4.63. The molecule has 0 amide bonds. The number of halogens is 2. The molecule has 0 atom stereocenters. The van der Waals surface area contributed by atoms with Crippen molar-refractivity contribution in [2.45, 2.75) is 0 Å². The first kappa shape index (κ1) is 15.5. The Morgan fingerprint density at radius 2 is 1.87 bits per heavy atom. The number of rotatable bonds is 4. The highest BCUT2D eigenvalue weighted by atomic mass is 35.5. The van der Waals surface area contributed by atoms with E-state index in [0.717, 1.165) is 16.9 Å². The Morgan fingerprint density at radius 3 is 2.57 bits per heavy atom. The molecule has 1 aromatic carbocycles. The number of anilines is 3. The molecule has 5 nitrogen and oxygen atoms in total. The summed E-state index contributed by atoms with van der Waals surface area (Å²) >= 11 is 12.0. The molecule has 3 rings (SSSR count). The van der Waals surface area contributed by atoms with Crippen LogP contribution in [0.4, 0.5) is 17.5 Å². The molecule has 0 fully saturated rings. The van der Waals surface area contributed by atoms with Gasteiger partial charge in [0.15, 0.2) is 0 Å². The Hall–Kier alpha value is -2.37. The minimum atomic E-state index is 0.479. The SMILES string of the molecule is CNc1nc(Nc2ccc(Cl)c(Cl)c2)cc(-c2cccnc2)n1. The summed E-state index contributed by atoms with van der Waals surface area (Å²) in [5, 5.41) is 7.14. The van der Waals surface area contributed by atoms with Gasteiger partial charge in [-0.15, -0.1) is 0 Å². The lowest BCUT2D eigenvalue weighted by Gasteiger charge is -2.10. The van der Waals surface area contributed by atoms with Crippen molar-refractivity contribution in [2.24, 2.45) is 0 Å². The monoisotopic (exact) mass is 345 g/mol. The molecule has 0 spiro atoms. The Morgan fingerprint density at radius 1 is 1.00 bits per heavy atom. The van der Waals surface area contributed by atoms with Gasteiger partial charge in [0.2, 0.25) is 5.95 Å². The van der Waals surface area contributed by atoms with Crippen LogP contribution in [-0.4, -0.2) is 22.0 Å². The summed E-state index contributed by atoms with van der Waals surface area (Å²) in [5.41, 5.74) is 2.46. The fourth-order valence-corrected chi connectivity index (χ4v) is 2.31. The van der Waals surface area contributed by atoms with Gasteiger partial charge in [-0.1, -0.05) is 23.2 Å². The third-order valence-electron chi connectivity index (χ3n) is 3.10. The summed E-state index contributed by atoms with van der Waals surface area (Å²) in [7, 11) is 1.77. The molecule has 0 aliphatic carbocycles. The van der Waals surface area contributed by atoms with E-state index in [-0.39, 0.29) is 0 Å². The summed E-state index contributed by atoms with van der Waals surface area (Å²) < 4.78 is 0. The Labute approximate surface area is 143 Å². The van der Waals surface area contributed by atoms with E-state index >= 15 is 0 Å². The molecule has 0 unspecified atom stereocenters. The van der Waals surface area contributed by atoms with Crippen LogP contribution in [0.25, 0.3) is 11.3 Å². The van der Waals surface area contributed by atoms with Gasteiger partial charge in [-0.3, -0.25) is 4.98 Å². The number of nitrogens with zero attached hydrogens (tertiary/aromatic N) is 3. The van der Waals surface area contributed by atoms with Crippen LogP contribution < -0.4 is 10.6 Å². The van der Waals surface area contributed by atoms with Gasteiger partial charge in [0, 0.05) is 36.8 Å². The lowest BCUT2D eigenvalue weighted by Crippen LogP contribution is -2.02. The van der Waals surface area contributed by atoms with Crippen LogP contribution in [0, 0.1) is 0 Å². The summed E-state index contributed by atoms with van der Waals surface area (Å²) in [6, 6.07) is 11.0. The molecule has 7 heteroatoms. The van der Waals surface area contributed by atoms with E-state index in [1.165, 1.54) is 0 Å². The molecule has 0 saturated heterocycles. The molecule has 3 aromatic rings. The van der Waals surface area contributed by atoms with Crippen molar-refractivity contribution < 1.29 is 0 Å². The molecule has 0 saturated carbocycles. The van der Waals surface area contributed by atoms with Gasteiger partial charge in [0.25, 0.3) is 0 Å². The Balaban J connectivity index is 1.97. The van der Waals surface area contributed by atoms with Crippen molar-refractivity contribution >= 4 is 40.7 Å². The highest BCUT2D eigenvalue weighted by Crippen LogP contribution is 2.28. The smallest absolute Gasteiger partial charge is 0.224 e. The van der Waals surface area contributed by atoms with Crippen LogP contribution in [0.1, 0.15) is 0 Å². The lowest BCUT2D eigenvalue weighted by molar-refractivity contribution is 1.15. The maximum absolute atomic E-state index is 6.04. The number of benzene rings is 1. The van der Waals surface area contributed by atoms with Gasteiger partial charge in [-0.05, 0) is 30.3 Å². The minimum Gasteiger partial charge on any atom is -0.357 e. The Bertz CT molecular complexity index is 824. The molecular weight excluding hydrogens is 333 g/mol. The standard InChI is InChI=1S/C16H13Cl2N5/c1-19-16-22-14(10-3-2-6-20-9-10)8-15(23-16)21-11-4-5-12(17)13(18)7-11/h2-9H,1H3,(H2,19,21,22,23). The van der Waals surface area contributed by atoms with Crippen LogP contribution in [0.2, 0.25) is 10.0 Å². The zero-order valence-corrected chi connectivity index (χ0v) is 13.7. The first-order valence-electron chi connectivity index (χ1n) is 6.85. The second-order valence-electron chi connectivity index (χ2n) is 4.71. The molecule has 0 bridgehead atoms. The molecule has 2 aromatic heterocycles. The van der Waals surface area contributed by atoms with Gasteiger partial charge in [0.05, 0.1) is 15.7 Å². The Kier molecular flexibility index (Phi) is 4.60. The number of pyridine rings is 1. The van der Waals surface area contributed by atoms with E-state index in [9.17, 15) is 0 Å². The molecule has 0 radical (unpaired) electrons. The number of hydrogen-bond acceptors (Lipinski definition) is 5. The van der Waals surface area contributed by atoms with Crippen molar-refractivity contribution in [1.82, 2.24) is 15.0 Å². The molecule has 2 N–H and O–H groups in total. The fraction of sp³-hybridized carbons (Fsp3) is 0.0625. The van der Waals surface area contributed by atoms with Crippen LogP contribution in [0.15, 0.2) is 48.8 Å². The molecule has 2 heterocycles. The van der Waals surface area contributed by atoms with E-state index in [0.29, 0.717) is 21.8 Å². The highest BCUT2D eigenvalue weighted by Gasteiger charge is 2.07. The molecule has 0 aliphatic rings. The maximum Gasteiger partial charge on any atom is 0.224 e. The third-order valence-corrected chi connectivity index (χ3v) is 3.84. The third kappa shape index (κ3) is 3.70. The zero-order chi connectivity index (χ0) is 16.2. The van der Waals surface area contributed by atoms with Crippen LogP contribution >= 0.6 is 23.2 Å². The largest absolute Gasteiger partial charge is 0.357 e. The van der Waals surface area contributed by atoms with Gasteiger partial charge >= 0.3 is 0 Å². The van der Waals surface area contributed by atoms with Gasteiger partial charge in [0.1, 0.15) is 5.82 Å². The fourth-order valence-electron chi connectivity index (χ4n) is 2.01. The van der Waals surface area contributed by atoms with E-state index in [4.69, 9.17) is 23.2 Å². The first-order valence-corrected chi connectivity index (χ1v) is 7.60. The van der Waals surface area contributed by atoms with Gasteiger partial charge < -0.3 is 10.6 Å². The van der Waals surface area contributed by atoms with Crippen LogP contribution in [0.3, 0.4) is 0 Å². The molecule has 116 valence electrons. The summed E-state index contributed by atoms with van der Waals surface area (Å²) in [5.74, 6) is 1.15. The van der Waals surface area contributed by atoms with Crippen LogP contribution in [0.5, 0.6) is 0 Å². The number of nitrogens with one attached hydrogen (secondary N) is 2. The van der Waals surface area contributed by atoms with Crippen LogP contribution in [-0.2, 0) is 0 Å². The summed E-state index contributed by atoms with van der Waals surface area (Å²) in [4.78, 5) is 13.0. The summed E-state index contributed by atoms with van der Waals surface area (Å²) in [6.45, 7) is 0. The van der Waals surface area contributed by atoms with Gasteiger partial charge in [-0.25, -0.2) is 4.98 Å². The van der Waals surface area contributed by atoms with Crippen molar-refractivity contribution in [3.63, 3.8) is 0 Å². The second kappa shape index (κ2) is 6.81. The maximum atomic E-state index is 6.04. The van der Waals surface area contributed by atoms with Crippen molar-refractivity contribution in [3.05, 3.63) is 58.8 Å². The van der Waals surface area contributed by atoms with Crippen molar-refractivity contribution in [3.8, 4) is 11.3 Å².